The molecule has 0 amide bonds. The number of carbonyl (C=O) groups is 1. The normalized spacial score (nSPS) is 19.3. The van der Waals surface area contributed by atoms with Gasteiger partial charge in [-0.05, 0) is 0 Å². The summed E-state index contributed by atoms with van der Waals surface area (Å²) in [5.74, 6) is -7.31. The van der Waals surface area contributed by atoms with Crippen LogP contribution in [0.5, 0.6) is 0 Å². The third-order valence-electron chi connectivity index (χ3n) is 6.91. The van der Waals surface area contributed by atoms with Gasteiger partial charge in [-0.2, -0.15) is 0 Å². The van der Waals surface area contributed by atoms with Gasteiger partial charge in [0.15, 0.2) is 0 Å². The van der Waals surface area contributed by atoms with Crippen molar-refractivity contribution in [1.82, 2.24) is 0 Å². The maximum atomic E-state index is 12.8. The van der Waals surface area contributed by atoms with E-state index in [0.717, 1.165) is 64.2 Å². The van der Waals surface area contributed by atoms with Gasteiger partial charge in [0.25, 0.3) is 0 Å². The zero-order chi connectivity index (χ0) is 38.5. The van der Waals surface area contributed by atoms with E-state index in [2.05, 4.69) is 34.3 Å². The molecule has 0 heterocycles. The van der Waals surface area contributed by atoms with Gasteiger partial charge in [0.1, 0.15) is 0 Å². The zero-order valence-electron chi connectivity index (χ0n) is 29.2. The van der Waals surface area contributed by atoms with Gasteiger partial charge in [0.2, 0.25) is 0 Å². The summed E-state index contributed by atoms with van der Waals surface area (Å²) in [7, 11) is -23.7. The molecule has 0 aromatic heterocycles. The van der Waals surface area contributed by atoms with Gasteiger partial charge in [-0.1, -0.05) is 52.4 Å². The maximum absolute atomic E-state index is 12.8. The van der Waals surface area contributed by atoms with Crippen LogP contribution >= 0.6 is 31.3 Å². The first kappa shape index (κ1) is 50.6. The Balaban J connectivity index is 5.88. The summed E-state index contributed by atoms with van der Waals surface area (Å²) >= 11 is -5.65. The zero-order valence-corrected chi connectivity index (χ0v) is 35.2. The van der Waals surface area contributed by atoms with Crippen molar-refractivity contribution in [2.75, 3.05) is 0 Å². The van der Waals surface area contributed by atoms with Crippen molar-refractivity contribution < 1.29 is 106 Å². The molecular formula is C26H56O19P4Zr. The van der Waals surface area contributed by atoms with Crippen LogP contribution in [-0.2, 0) is 78.0 Å². The number of carboxylic acids is 1. The number of hydrogen-bond donors (Lipinski definition) is 6. The molecule has 0 saturated carbocycles. The Labute approximate surface area is 303 Å². The van der Waals surface area contributed by atoms with Crippen molar-refractivity contribution >= 4 is 37.3 Å². The number of aliphatic carboxylic acids is 1. The van der Waals surface area contributed by atoms with E-state index in [-0.39, 0.29) is 25.7 Å². The molecule has 0 spiro atoms. The average molecular weight is 888 g/mol. The Morgan fingerprint density at radius 2 is 0.920 bits per heavy atom. The van der Waals surface area contributed by atoms with Crippen molar-refractivity contribution in [2.45, 2.75) is 161 Å². The topological polar surface area (TPSA) is 288 Å². The summed E-state index contributed by atoms with van der Waals surface area (Å²) in [6.45, 7) is 7.58. The van der Waals surface area contributed by atoms with Crippen molar-refractivity contribution in [3.8, 4) is 0 Å². The van der Waals surface area contributed by atoms with E-state index in [1.165, 1.54) is 0 Å². The van der Waals surface area contributed by atoms with Gasteiger partial charge >= 0.3 is 252 Å². The number of unbranched alkanes of at least 4 members (excludes halogenated alkanes) is 10. The molecule has 19 nitrogen and oxygen atoms in total. The number of hydrogen-bond acceptors (Lipinski definition) is 13. The average Bonchev–Trinajstić information content (AvgIpc) is 2.94. The molecule has 0 rings (SSSR count). The molecule has 50 heavy (non-hydrogen) atoms. The standard InChI is InChI=1S/C26H55O17P4.H2O.O.Zr/c1-5-9-11-13-15-17-21-23(19-7-3)38-44(30,31)42-46(34,35)40-26(29,25(27)28)41-47(36,37)43-45(32,33)39-24(20-8-4)22-18-16-14-12-10-6-2;;;/h23-24H,5-22H2,1-4H3,(H,27,28)(H,30,31)(H,32,33)(H,34,35)(H,36,37);1H2;;/q-1;;;+2/p-1. The Kier molecular flexibility index (Phi) is 25.9. The number of carboxylic acid groups (broad SMARTS) is 1. The fourth-order valence-electron chi connectivity index (χ4n) is 4.75. The second-order valence-electron chi connectivity index (χ2n) is 11.6. The molecule has 0 radical (unpaired) electrons. The van der Waals surface area contributed by atoms with Crippen LogP contribution in [0.15, 0.2) is 0 Å². The van der Waals surface area contributed by atoms with Gasteiger partial charge in [-0.25, -0.2) is 0 Å². The van der Waals surface area contributed by atoms with Crippen molar-refractivity contribution in [2.24, 2.45) is 0 Å². The van der Waals surface area contributed by atoms with E-state index in [9.17, 15) is 53.7 Å². The van der Waals surface area contributed by atoms with Crippen molar-refractivity contribution in [3.05, 3.63) is 0 Å². The van der Waals surface area contributed by atoms with Gasteiger partial charge in [0, 0.05) is 0 Å². The minimum atomic E-state index is -6.30. The third kappa shape index (κ3) is 24.1. The molecule has 0 aromatic carbocycles. The molecule has 6 atom stereocenters. The van der Waals surface area contributed by atoms with E-state index in [0.29, 0.717) is 25.7 Å². The molecule has 0 aromatic rings. The SMILES string of the molecule is CCCCCCCCC(CCC)OP(=O)(O)OP(=O)(O)OC([O][Zr](=[O])[OH])(OP(=O)(O)OP(=O)(O)OC(CCC)CCCCCCCC)C(=O)O. The summed E-state index contributed by atoms with van der Waals surface area (Å²) in [5.41, 5.74) is 0. The van der Waals surface area contributed by atoms with E-state index in [1.807, 2.05) is 0 Å². The number of phosphoric ester groups is 4. The minimum absolute atomic E-state index is 0.216. The molecule has 298 valence electrons. The van der Waals surface area contributed by atoms with E-state index in [4.69, 9.17) is 9.05 Å². The van der Waals surface area contributed by atoms with Crippen LogP contribution in [0.3, 0.4) is 0 Å². The Hall–Kier alpha value is 0.593. The molecule has 0 aliphatic carbocycles. The fourth-order valence-corrected chi connectivity index (χ4v) is 10.9. The molecule has 0 saturated heterocycles. The number of phosphoric acid groups is 4. The van der Waals surface area contributed by atoms with Crippen LogP contribution in [0.2, 0.25) is 0 Å². The second kappa shape index (κ2) is 25.6. The van der Waals surface area contributed by atoms with Crippen LogP contribution in [0.1, 0.15) is 143 Å². The van der Waals surface area contributed by atoms with E-state index < -0.39 is 78.1 Å². The monoisotopic (exact) mass is 886 g/mol. The molecule has 6 N–H and O–H groups in total. The fraction of sp³-hybridized carbons (Fsp3) is 0.962. The van der Waals surface area contributed by atoms with E-state index >= 15 is 0 Å². The first-order chi connectivity index (χ1) is 23.2. The van der Waals surface area contributed by atoms with Gasteiger partial charge < -0.3 is 0 Å². The summed E-state index contributed by atoms with van der Waals surface area (Å²) in [6, 6.07) is 0. The molecule has 0 aliphatic rings. The van der Waals surface area contributed by atoms with Crippen molar-refractivity contribution in [1.29, 1.82) is 0 Å². The molecule has 0 aliphatic heterocycles. The van der Waals surface area contributed by atoms with Crippen LogP contribution in [-0.4, -0.2) is 52.0 Å². The number of rotatable bonds is 33. The predicted octanol–water partition coefficient (Wildman–Crippen LogP) is 7.87. The summed E-state index contributed by atoms with van der Waals surface area (Å²) < 4.78 is 103. The van der Waals surface area contributed by atoms with Gasteiger partial charge in [-0.3, -0.25) is 0 Å². The summed E-state index contributed by atoms with van der Waals surface area (Å²) in [5, 5.41) is 9.68. The molecule has 6 unspecified atom stereocenters. The second-order valence-corrected chi connectivity index (χ2v) is 19.2. The summed E-state index contributed by atoms with van der Waals surface area (Å²) in [6.07, 6.45) is 10.6. The van der Waals surface area contributed by atoms with Crippen molar-refractivity contribution in [3.63, 3.8) is 0 Å². The Bertz CT molecular complexity index is 1120. The Morgan fingerprint density at radius 3 is 1.22 bits per heavy atom. The van der Waals surface area contributed by atoms with Crippen LogP contribution in [0, 0.1) is 0 Å². The first-order valence-corrected chi connectivity index (χ1v) is 25.9. The molecule has 24 heteroatoms. The first-order valence-electron chi connectivity index (χ1n) is 16.8. The van der Waals surface area contributed by atoms with Gasteiger partial charge in [-0.15, -0.1) is 0 Å². The van der Waals surface area contributed by atoms with E-state index in [1.54, 1.807) is 13.8 Å². The third-order valence-corrected chi connectivity index (χ3v) is 13.4. The molecule has 0 bridgehead atoms. The molecular weight excluding hydrogens is 831 g/mol. The molecule has 0 fully saturated rings. The van der Waals surface area contributed by atoms with Crippen LogP contribution in [0.25, 0.3) is 0 Å². The van der Waals surface area contributed by atoms with Crippen LogP contribution in [0.4, 0.5) is 0 Å². The summed E-state index contributed by atoms with van der Waals surface area (Å²) in [4.78, 5) is 53.0. The van der Waals surface area contributed by atoms with Gasteiger partial charge in [0.05, 0.1) is 0 Å². The Morgan fingerprint density at radius 1 is 0.580 bits per heavy atom. The quantitative estimate of drug-likeness (QED) is 0.0207. The van der Waals surface area contributed by atoms with Crippen LogP contribution < -0.4 is 0 Å². The predicted molar refractivity (Wildman–Crippen MR) is 174 cm³/mol.